The topological polar surface area (TPSA) is 96.0 Å². The number of hydrogen-bond acceptors (Lipinski definition) is 4. The van der Waals surface area contributed by atoms with E-state index in [0.29, 0.717) is 3.57 Å². The van der Waals surface area contributed by atoms with Crippen LogP contribution in [0.5, 0.6) is 0 Å². The first-order valence-corrected chi connectivity index (χ1v) is 5.22. The number of amides is 1. The number of benzene rings is 1. The van der Waals surface area contributed by atoms with E-state index in [-0.39, 0.29) is 17.8 Å². The molecule has 1 amide bonds. The summed E-state index contributed by atoms with van der Waals surface area (Å²) in [5.74, 6) is -0.497. The van der Waals surface area contributed by atoms with Gasteiger partial charge in [0.15, 0.2) is 0 Å². The molecule has 0 saturated carbocycles. The summed E-state index contributed by atoms with van der Waals surface area (Å²) in [6, 6.07) is 5.81. The van der Waals surface area contributed by atoms with Crippen LogP contribution in [-0.4, -0.2) is 17.4 Å². The van der Waals surface area contributed by atoms with E-state index < -0.39 is 10.8 Å². The number of hydrogen-bond donors (Lipinski definition) is 1. The maximum Gasteiger partial charge on any atom is 0.271 e. The summed E-state index contributed by atoms with van der Waals surface area (Å²) in [5.41, 5.74) is 0.0304. The third-order valence-corrected chi connectivity index (χ3v) is 2.31. The molecule has 0 radical (unpaired) electrons. The Hall–Kier alpha value is -1.69. The van der Waals surface area contributed by atoms with Gasteiger partial charge in [0, 0.05) is 21.3 Å². The van der Waals surface area contributed by atoms with E-state index in [4.69, 9.17) is 5.26 Å². The Balaban J connectivity index is 3.01. The molecular weight excluding hydrogens is 325 g/mol. The van der Waals surface area contributed by atoms with Crippen molar-refractivity contribution in [1.29, 1.82) is 5.26 Å². The largest absolute Gasteiger partial charge is 0.339 e. The molecule has 0 aromatic heterocycles. The lowest BCUT2D eigenvalue weighted by atomic mass is 10.2. The summed E-state index contributed by atoms with van der Waals surface area (Å²) >= 11 is 1.89. The lowest BCUT2D eigenvalue weighted by molar-refractivity contribution is -0.385. The Labute approximate surface area is 105 Å². The van der Waals surface area contributed by atoms with Gasteiger partial charge in [0.25, 0.3) is 11.6 Å². The monoisotopic (exact) mass is 331 g/mol. The summed E-state index contributed by atoms with van der Waals surface area (Å²) in [4.78, 5) is 21.4. The Morgan fingerprint density at radius 1 is 1.56 bits per heavy atom. The van der Waals surface area contributed by atoms with E-state index in [1.54, 1.807) is 6.07 Å². The van der Waals surface area contributed by atoms with Crippen molar-refractivity contribution < 1.29 is 9.72 Å². The van der Waals surface area contributed by atoms with E-state index in [0.717, 1.165) is 0 Å². The second-order valence-corrected chi connectivity index (χ2v) is 4.04. The average Bonchev–Trinajstić information content (AvgIpc) is 2.24. The number of carbonyl (C=O) groups excluding carboxylic acids is 1. The van der Waals surface area contributed by atoms with Gasteiger partial charge in [-0.15, -0.1) is 0 Å². The SMILES string of the molecule is N#CCNC(=O)c1cc(I)cc([N+](=O)[O-])c1. The van der Waals surface area contributed by atoms with Crippen LogP contribution in [0.2, 0.25) is 0 Å². The highest BCUT2D eigenvalue weighted by atomic mass is 127. The average molecular weight is 331 g/mol. The zero-order valence-electron chi connectivity index (χ0n) is 7.94. The van der Waals surface area contributed by atoms with Crippen LogP contribution in [0.1, 0.15) is 10.4 Å². The fraction of sp³-hybridized carbons (Fsp3) is 0.111. The molecule has 1 aromatic rings. The van der Waals surface area contributed by atoms with Crippen LogP contribution in [0.25, 0.3) is 0 Å². The molecule has 0 unspecified atom stereocenters. The number of nitrogens with zero attached hydrogens (tertiary/aromatic N) is 2. The van der Waals surface area contributed by atoms with Crippen molar-refractivity contribution >= 4 is 34.2 Å². The summed E-state index contributed by atoms with van der Waals surface area (Å²) in [7, 11) is 0. The fourth-order valence-electron chi connectivity index (χ4n) is 1.03. The van der Waals surface area contributed by atoms with E-state index in [1.807, 2.05) is 22.6 Å². The molecule has 16 heavy (non-hydrogen) atoms. The van der Waals surface area contributed by atoms with Crippen LogP contribution in [0.4, 0.5) is 5.69 Å². The Morgan fingerprint density at radius 3 is 2.81 bits per heavy atom. The number of carbonyl (C=O) groups is 1. The van der Waals surface area contributed by atoms with Crippen LogP contribution in [0.3, 0.4) is 0 Å². The van der Waals surface area contributed by atoms with E-state index in [9.17, 15) is 14.9 Å². The number of rotatable bonds is 3. The highest BCUT2D eigenvalue weighted by Crippen LogP contribution is 2.18. The number of nitro benzene ring substituents is 1. The fourth-order valence-corrected chi connectivity index (χ4v) is 1.69. The van der Waals surface area contributed by atoms with Gasteiger partial charge in [-0.05, 0) is 28.7 Å². The molecule has 7 heteroatoms. The molecule has 1 N–H and O–H groups in total. The molecule has 0 fully saturated rings. The Kier molecular flexibility index (Phi) is 4.19. The number of halogens is 1. The zero-order valence-corrected chi connectivity index (χ0v) is 10.1. The number of nitro groups is 1. The number of non-ortho nitro benzene ring substituents is 1. The molecule has 0 spiro atoms. The van der Waals surface area contributed by atoms with Gasteiger partial charge >= 0.3 is 0 Å². The van der Waals surface area contributed by atoms with Crippen molar-refractivity contribution in [3.63, 3.8) is 0 Å². The molecule has 6 nitrogen and oxygen atoms in total. The Bertz CT molecular complexity index is 481. The second-order valence-electron chi connectivity index (χ2n) is 2.80. The van der Waals surface area contributed by atoms with Crippen LogP contribution < -0.4 is 5.32 Å². The van der Waals surface area contributed by atoms with Gasteiger partial charge in [-0.1, -0.05) is 0 Å². The van der Waals surface area contributed by atoms with Crippen molar-refractivity contribution in [3.05, 3.63) is 37.4 Å². The minimum Gasteiger partial charge on any atom is -0.339 e. The van der Waals surface area contributed by atoms with Crippen LogP contribution in [0.15, 0.2) is 18.2 Å². The van der Waals surface area contributed by atoms with Crippen molar-refractivity contribution in [3.8, 4) is 6.07 Å². The van der Waals surface area contributed by atoms with Crippen molar-refractivity contribution in [2.24, 2.45) is 0 Å². The first-order valence-electron chi connectivity index (χ1n) is 4.14. The smallest absolute Gasteiger partial charge is 0.271 e. The first kappa shape index (κ1) is 12.4. The molecule has 0 atom stereocenters. The lowest BCUT2D eigenvalue weighted by Crippen LogP contribution is -2.23. The van der Waals surface area contributed by atoms with Crippen molar-refractivity contribution in [2.75, 3.05) is 6.54 Å². The predicted molar refractivity (Wildman–Crippen MR) is 63.8 cm³/mol. The van der Waals surface area contributed by atoms with Gasteiger partial charge in [-0.3, -0.25) is 14.9 Å². The Morgan fingerprint density at radius 2 is 2.25 bits per heavy atom. The second kappa shape index (κ2) is 5.41. The van der Waals surface area contributed by atoms with Gasteiger partial charge in [-0.25, -0.2) is 0 Å². The highest BCUT2D eigenvalue weighted by Gasteiger charge is 2.13. The van der Waals surface area contributed by atoms with E-state index in [2.05, 4.69) is 5.32 Å². The zero-order chi connectivity index (χ0) is 12.1. The lowest BCUT2D eigenvalue weighted by Gasteiger charge is -2.01. The van der Waals surface area contributed by atoms with Gasteiger partial charge in [0.1, 0.15) is 6.54 Å². The van der Waals surface area contributed by atoms with Gasteiger partial charge in [0.2, 0.25) is 0 Å². The van der Waals surface area contributed by atoms with Crippen molar-refractivity contribution in [1.82, 2.24) is 5.32 Å². The first-order chi connectivity index (χ1) is 7.54. The summed E-state index contributed by atoms with van der Waals surface area (Å²) in [5, 5.41) is 21.2. The van der Waals surface area contributed by atoms with E-state index in [1.165, 1.54) is 18.2 Å². The summed E-state index contributed by atoms with van der Waals surface area (Å²) in [6.45, 7) is -0.127. The maximum absolute atomic E-state index is 11.4. The molecule has 0 aliphatic carbocycles. The van der Waals surface area contributed by atoms with Gasteiger partial charge in [-0.2, -0.15) is 5.26 Å². The van der Waals surface area contributed by atoms with E-state index >= 15 is 0 Å². The maximum atomic E-state index is 11.4. The molecule has 82 valence electrons. The normalized spacial score (nSPS) is 9.25. The quantitative estimate of drug-likeness (QED) is 0.392. The van der Waals surface area contributed by atoms with Crippen LogP contribution in [0, 0.1) is 25.0 Å². The highest BCUT2D eigenvalue weighted by molar-refractivity contribution is 14.1. The standard InChI is InChI=1S/C9H6IN3O3/c10-7-3-6(9(14)12-2-1-11)4-8(5-7)13(15)16/h3-5H,2H2,(H,12,14). The predicted octanol–water partition coefficient (Wildman–Crippen LogP) is 1.45. The molecule has 0 aliphatic heterocycles. The summed E-state index contributed by atoms with van der Waals surface area (Å²) < 4.78 is 0.592. The van der Waals surface area contributed by atoms with Crippen molar-refractivity contribution in [2.45, 2.75) is 0 Å². The minimum absolute atomic E-state index is 0.127. The van der Waals surface area contributed by atoms with Gasteiger partial charge < -0.3 is 5.32 Å². The number of nitrogens with one attached hydrogen (secondary N) is 1. The molecule has 1 aromatic carbocycles. The molecule has 0 saturated heterocycles. The molecule has 0 bridgehead atoms. The molecule has 0 heterocycles. The third-order valence-electron chi connectivity index (χ3n) is 1.68. The number of nitriles is 1. The summed E-state index contributed by atoms with van der Waals surface area (Å²) in [6.07, 6.45) is 0. The molecular formula is C9H6IN3O3. The van der Waals surface area contributed by atoms with Crippen LogP contribution >= 0.6 is 22.6 Å². The van der Waals surface area contributed by atoms with Gasteiger partial charge in [0.05, 0.1) is 11.0 Å². The van der Waals surface area contributed by atoms with Crippen LogP contribution in [-0.2, 0) is 0 Å². The minimum atomic E-state index is -0.566. The third kappa shape index (κ3) is 3.16. The molecule has 1 rings (SSSR count). The molecule has 0 aliphatic rings.